The van der Waals surface area contributed by atoms with Gasteiger partial charge in [0.05, 0.1) is 0 Å². The summed E-state index contributed by atoms with van der Waals surface area (Å²) in [6, 6.07) is 8.28. The minimum Gasteiger partial charge on any atom is -0.508 e. The van der Waals surface area contributed by atoms with E-state index in [1.54, 1.807) is 12.1 Å². The lowest BCUT2D eigenvalue weighted by molar-refractivity contribution is -0.117. The minimum absolute atomic E-state index is 0.0105. The van der Waals surface area contributed by atoms with Crippen LogP contribution in [-0.4, -0.2) is 17.1 Å². The molecule has 0 radical (unpaired) electrons. The van der Waals surface area contributed by atoms with Crippen molar-refractivity contribution in [2.24, 2.45) is 0 Å². The molecule has 1 unspecified atom stereocenters. The van der Waals surface area contributed by atoms with E-state index in [0.29, 0.717) is 5.69 Å². The Bertz CT molecular complexity index is 518. The lowest BCUT2D eigenvalue weighted by Crippen LogP contribution is -2.33. The first kappa shape index (κ1) is 14.6. The molecule has 1 rings (SSSR count). The third-order valence-electron chi connectivity index (χ3n) is 2.58. The second-order valence-corrected chi connectivity index (χ2v) is 4.15. The van der Waals surface area contributed by atoms with Crippen molar-refractivity contribution in [1.82, 2.24) is 5.32 Å². The van der Waals surface area contributed by atoms with Gasteiger partial charge in [-0.25, -0.2) is 0 Å². The highest BCUT2D eigenvalue weighted by Crippen LogP contribution is 2.15. The predicted molar refractivity (Wildman–Crippen MR) is 73.3 cm³/mol. The molecule has 1 amide bonds. The molecule has 0 aliphatic rings. The van der Waals surface area contributed by atoms with Crippen LogP contribution in [0.1, 0.15) is 20.3 Å². The Labute approximate surface area is 112 Å². The van der Waals surface area contributed by atoms with E-state index in [9.17, 15) is 9.90 Å². The summed E-state index contributed by atoms with van der Waals surface area (Å²) < 4.78 is 0. The smallest absolute Gasteiger partial charge is 0.263 e. The molecule has 0 saturated carbocycles. The number of carbonyl (C=O) groups excluding carboxylic acids is 1. The molecular weight excluding hydrogens is 242 g/mol. The molecular formula is C14H17N3O2. The van der Waals surface area contributed by atoms with E-state index in [0.717, 1.165) is 6.42 Å². The van der Waals surface area contributed by atoms with Gasteiger partial charge in [0.1, 0.15) is 17.4 Å². The highest BCUT2D eigenvalue weighted by Gasteiger charge is 2.10. The normalized spacial score (nSPS) is 12.4. The lowest BCUT2D eigenvalue weighted by Gasteiger charge is -2.10. The zero-order valence-corrected chi connectivity index (χ0v) is 11.0. The number of nitriles is 1. The zero-order valence-electron chi connectivity index (χ0n) is 11.0. The van der Waals surface area contributed by atoms with Gasteiger partial charge in [-0.1, -0.05) is 13.0 Å². The molecule has 0 aliphatic carbocycles. The van der Waals surface area contributed by atoms with Gasteiger partial charge in [0.2, 0.25) is 0 Å². The van der Waals surface area contributed by atoms with E-state index in [1.807, 2.05) is 19.9 Å². The summed E-state index contributed by atoms with van der Waals surface area (Å²) in [6.45, 7) is 3.82. The SMILES string of the molecule is CCC(C)NC(=O)/C(C#N)=C\Nc1cccc(O)c1. The first-order valence-corrected chi connectivity index (χ1v) is 6.03. The van der Waals surface area contributed by atoms with Crippen LogP contribution in [0.3, 0.4) is 0 Å². The molecule has 0 fully saturated rings. The van der Waals surface area contributed by atoms with Crippen molar-refractivity contribution in [3.63, 3.8) is 0 Å². The van der Waals surface area contributed by atoms with E-state index in [-0.39, 0.29) is 17.4 Å². The lowest BCUT2D eigenvalue weighted by atomic mass is 10.2. The Balaban J connectivity index is 2.72. The molecule has 0 spiro atoms. The first-order chi connectivity index (χ1) is 9.06. The first-order valence-electron chi connectivity index (χ1n) is 6.03. The van der Waals surface area contributed by atoms with Crippen molar-refractivity contribution < 1.29 is 9.90 Å². The molecule has 1 aromatic carbocycles. The Hall–Kier alpha value is -2.48. The number of rotatable bonds is 5. The van der Waals surface area contributed by atoms with Gasteiger partial charge in [0, 0.05) is 24.0 Å². The molecule has 5 heteroatoms. The Morgan fingerprint density at radius 1 is 1.58 bits per heavy atom. The molecule has 0 saturated heterocycles. The van der Waals surface area contributed by atoms with Crippen molar-refractivity contribution >= 4 is 11.6 Å². The summed E-state index contributed by atoms with van der Waals surface area (Å²) in [6.07, 6.45) is 2.12. The maximum atomic E-state index is 11.7. The molecule has 1 aromatic rings. The number of anilines is 1. The van der Waals surface area contributed by atoms with E-state index in [1.165, 1.54) is 18.3 Å². The highest BCUT2D eigenvalue weighted by molar-refractivity contribution is 5.97. The van der Waals surface area contributed by atoms with Crippen LogP contribution in [0.25, 0.3) is 0 Å². The molecule has 1 atom stereocenters. The van der Waals surface area contributed by atoms with Gasteiger partial charge in [-0.3, -0.25) is 4.79 Å². The average Bonchev–Trinajstić information content (AvgIpc) is 2.39. The monoisotopic (exact) mass is 259 g/mol. The molecule has 100 valence electrons. The number of nitrogens with zero attached hydrogens (tertiary/aromatic N) is 1. The van der Waals surface area contributed by atoms with Crippen LogP contribution in [0.4, 0.5) is 5.69 Å². The van der Waals surface area contributed by atoms with Crippen molar-refractivity contribution in [1.29, 1.82) is 5.26 Å². The Morgan fingerprint density at radius 3 is 2.89 bits per heavy atom. The quantitative estimate of drug-likeness (QED) is 0.558. The molecule has 5 nitrogen and oxygen atoms in total. The van der Waals surface area contributed by atoms with Crippen molar-refractivity contribution in [3.8, 4) is 11.8 Å². The van der Waals surface area contributed by atoms with Gasteiger partial charge in [0.25, 0.3) is 5.91 Å². The zero-order chi connectivity index (χ0) is 14.3. The van der Waals surface area contributed by atoms with Gasteiger partial charge in [-0.15, -0.1) is 0 Å². The maximum Gasteiger partial charge on any atom is 0.263 e. The summed E-state index contributed by atoms with van der Waals surface area (Å²) in [5.74, 6) is -0.300. The number of phenolic OH excluding ortho intramolecular Hbond substituents is 1. The van der Waals surface area contributed by atoms with E-state index < -0.39 is 5.91 Å². The number of carbonyl (C=O) groups is 1. The fraction of sp³-hybridized carbons (Fsp3) is 0.286. The Kier molecular flexibility index (Phi) is 5.42. The summed E-state index contributed by atoms with van der Waals surface area (Å²) in [4.78, 5) is 11.7. The van der Waals surface area contributed by atoms with Gasteiger partial charge in [-0.05, 0) is 25.5 Å². The van der Waals surface area contributed by atoms with Crippen LogP contribution in [0, 0.1) is 11.3 Å². The van der Waals surface area contributed by atoms with Crippen molar-refractivity contribution in [2.75, 3.05) is 5.32 Å². The average molecular weight is 259 g/mol. The molecule has 0 aliphatic heterocycles. The molecule has 0 aromatic heterocycles. The van der Waals surface area contributed by atoms with Crippen molar-refractivity contribution in [3.05, 3.63) is 36.0 Å². The predicted octanol–water partition coefficient (Wildman–Crippen LogP) is 2.13. The number of benzene rings is 1. The number of nitrogens with one attached hydrogen (secondary N) is 2. The summed E-state index contributed by atoms with van der Waals surface area (Å²) in [5.41, 5.74) is 0.590. The highest BCUT2D eigenvalue weighted by atomic mass is 16.3. The van der Waals surface area contributed by atoms with Crippen LogP contribution in [0.5, 0.6) is 5.75 Å². The molecule has 0 heterocycles. The fourth-order valence-corrected chi connectivity index (χ4v) is 1.30. The van der Waals surface area contributed by atoms with E-state index in [4.69, 9.17) is 5.26 Å². The second kappa shape index (κ2) is 7.07. The summed E-state index contributed by atoms with van der Waals surface area (Å²) >= 11 is 0. The number of phenols is 1. The van der Waals surface area contributed by atoms with E-state index in [2.05, 4.69) is 10.6 Å². The topological polar surface area (TPSA) is 85.2 Å². The van der Waals surface area contributed by atoms with Crippen LogP contribution in [0.15, 0.2) is 36.0 Å². The minimum atomic E-state index is -0.412. The standard InChI is InChI=1S/C14H17N3O2/c1-3-10(2)17-14(19)11(8-15)9-16-12-5-4-6-13(18)7-12/h4-7,9-10,16,18H,3H2,1-2H3,(H,17,19)/b11-9-. The fourth-order valence-electron chi connectivity index (χ4n) is 1.30. The third kappa shape index (κ3) is 4.72. The largest absolute Gasteiger partial charge is 0.508 e. The van der Waals surface area contributed by atoms with Crippen LogP contribution in [0.2, 0.25) is 0 Å². The Morgan fingerprint density at radius 2 is 2.32 bits per heavy atom. The van der Waals surface area contributed by atoms with Crippen LogP contribution in [-0.2, 0) is 4.79 Å². The van der Waals surface area contributed by atoms with Gasteiger partial charge < -0.3 is 15.7 Å². The second-order valence-electron chi connectivity index (χ2n) is 4.15. The van der Waals surface area contributed by atoms with Crippen LogP contribution < -0.4 is 10.6 Å². The molecule has 0 bridgehead atoms. The third-order valence-corrected chi connectivity index (χ3v) is 2.58. The molecule has 3 N–H and O–H groups in total. The summed E-state index contributed by atoms with van der Waals surface area (Å²) in [5, 5.41) is 23.7. The van der Waals surface area contributed by atoms with Crippen LogP contribution >= 0.6 is 0 Å². The van der Waals surface area contributed by atoms with Gasteiger partial charge >= 0.3 is 0 Å². The van der Waals surface area contributed by atoms with Crippen molar-refractivity contribution in [2.45, 2.75) is 26.3 Å². The maximum absolute atomic E-state index is 11.7. The number of hydrogen-bond acceptors (Lipinski definition) is 4. The molecule has 19 heavy (non-hydrogen) atoms. The summed E-state index contributed by atoms with van der Waals surface area (Å²) in [7, 11) is 0. The van der Waals surface area contributed by atoms with Gasteiger partial charge in [0.15, 0.2) is 0 Å². The van der Waals surface area contributed by atoms with Gasteiger partial charge in [-0.2, -0.15) is 5.26 Å². The number of aromatic hydroxyl groups is 1. The number of amides is 1. The van der Waals surface area contributed by atoms with E-state index >= 15 is 0 Å². The number of hydrogen-bond donors (Lipinski definition) is 3.